The van der Waals surface area contributed by atoms with Crippen LogP contribution < -0.4 is 0 Å². The van der Waals surface area contributed by atoms with Crippen molar-refractivity contribution in [3.8, 4) is 20.2 Å². The van der Waals surface area contributed by atoms with Gasteiger partial charge in [0.05, 0.1) is 10.4 Å². The number of halogens is 3. The van der Waals surface area contributed by atoms with Crippen molar-refractivity contribution in [2.75, 3.05) is 0 Å². The van der Waals surface area contributed by atoms with E-state index in [1.807, 2.05) is 42.5 Å². The summed E-state index contributed by atoms with van der Waals surface area (Å²) >= 11 is 2.91. The number of carbonyl (C=O) groups excluding carboxylic acids is 1. The van der Waals surface area contributed by atoms with E-state index >= 15 is 0 Å². The summed E-state index contributed by atoms with van der Waals surface area (Å²) in [6.45, 7) is 0. The number of carbonyl (C=O) groups is 1. The van der Waals surface area contributed by atoms with Crippen LogP contribution in [0.5, 0.6) is 0 Å². The van der Waals surface area contributed by atoms with Crippen LogP contribution in [0.1, 0.15) is 20.8 Å². The Morgan fingerprint density at radius 2 is 1.29 bits per heavy atom. The third kappa shape index (κ3) is 3.79. The van der Waals surface area contributed by atoms with Crippen molar-refractivity contribution in [3.63, 3.8) is 0 Å². The molecule has 0 aliphatic heterocycles. The van der Waals surface area contributed by atoms with E-state index in [-0.39, 0.29) is 5.78 Å². The zero-order valence-corrected chi connectivity index (χ0v) is 16.0. The van der Waals surface area contributed by atoms with Crippen LogP contribution in [0, 0.1) is 0 Å². The van der Waals surface area contributed by atoms with Crippen molar-refractivity contribution in [3.05, 3.63) is 94.9 Å². The Morgan fingerprint density at radius 3 is 1.96 bits per heavy atom. The molecule has 2 heterocycles. The Hall–Kier alpha value is -2.70. The second-order valence-electron chi connectivity index (χ2n) is 6.10. The van der Waals surface area contributed by atoms with E-state index in [9.17, 15) is 18.0 Å². The lowest BCUT2D eigenvalue weighted by atomic mass is 10.1. The van der Waals surface area contributed by atoms with Gasteiger partial charge >= 0.3 is 6.18 Å². The summed E-state index contributed by atoms with van der Waals surface area (Å²) in [4.78, 5) is 16.0. The van der Waals surface area contributed by atoms with Gasteiger partial charge in [-0.2, -0.15) is 13.2 Å². The quantitative estimate of drug-likeness (QED) is 0.318. The zero-order chi connectivity index (χ0) is 19.7. The molecule has 0 unspecified atom stereocenters. The molecule has 0 amide bonds. The molecule has 0 spiro atoms. The van der Waals surface area contributed by atoms with Gasteiger partial charge in [0, 0.05) is 20.2 Å². The molecule has 28 heavy (non-hydrogen) atoms. The summed E-state index contributed by atoms with van der Waals surface area (Å²) in [6.07, 6.45) is -4.34. The fraction of sp³-hybridized carbons (Fsp3) is 0.0455. The van der Waals surface area contributed by atoms with Gasteiger partial charge in [0.25, 0.3) is 0 Å². The Labute approximate surface area is 167 Å². The highest BCUT2D eigenvalue weighted by Crippen LogP contribution is 2.39. The Balaban J connectivity index is 1.57. The molecule has 4 rings (SSSR count). The van der Waals surface area contributed by atoms with Crippen LogP contribution >= 0.6 is 22.7 Å². The third-order valence-corrected chi connectivity index (χ3v) is 6.63. The molecule has 2 aromatic carbocycles. The molecule has 0 aliphatic carbocycles. The van der Waals surface area contributed by atoms with Crippen molar-refractivity contribution >= 4 is 28.5 Å². The average Bonchev–Trinajstić information content (AvgIpc) is 3.37. The summed E-state index contributed by atoms with van der Waals surface area (Å²) < 4.78 is 38.1. The summed E-state index contributed by atoms with van der Waals surface area (Å²) in [7, 11) is 0. The molecule has 1 nitrogen and oxygen atoms in total. The number of rotatable bonds is 4. The van der Waals surface area contributed by atoms with Gasteiger partial charge in [-0.1, -0.05) is 42.5 Å². The standard InChI is InChI=1S/C22H13F3OS2/c23-22(24,25)16-8-6-14(7-9-16)17-10-11-18(27-17)19-12-13-20(28-19)21(26)15-4-2-1-3-5-15/h1-13H. The van der Waals surface area contributed by atoms with E-state index in [0.717, 1.165) is 32.3 Å². The van der Waals surface area contributed by atoms with Crippen LogP contribution in [0.2, 0.25) is 0 Å². The van der Waals surface area contributed by atoms with E-state index in [0.29, 0.717) is 10.4 Å². The van der Waals surface area contributed by atoms with Crippen LogP contribution in [-0.4, -0.2) is 5.78 Å². The van der Waals surface area contributed by atoms with Crippen molar-refractivity contribution in [2.24, 2.45) is 0 Å². The van der Waals surface area contributed by atoms with Gasteiger partial charge in [0.1, 0.15) is 0 Å². The van der Waals surface area contributed by atoms with Gasteiger partial charge in [0.2, 0.25) is 5.78 Å². The second-order valence-corrected chi connectivity index (χ2v) is 8.27. The molecule has 0 atom stereocenters. The van der Waals surface area contributed by atoms with Gasteiger partial charge in [-0.05, 0) is 42.0 Å². The largest absolute Gasteiger partial charge is 0.416 e. The molecule has 0 bridgehead atoms. The molecule has 0 radical (unpaired) electrons. The highest BCUT2D eigenvalue weighted by molar-refractivity contribution is 7.24. The minimum atomic E-state index is -4.34. The van der Waals surface area contributed by atoms with E-state index in [2.05, 4.69) is 0 Å². The number of hydrogen-bond donors (Lipinski definition) is 0. The molecule has 0 N–H and O–H groups in total. The average molecular weight is 414 g/mol. The normalized spacial score (nSPS) is 11.5. The minimum Gasteiger partial charge on any atom is -0.288 e. The summed E-state index contributed by atoms with van der Waals surface area (Å²) in [6, 6.07) is 21.8. The lowest BCUT2D eigenvalue weighted by Gasteiger charge is -2.06. The van der Waals surface area contributed by atoms with Crippen molar-refractivity contribution < 1.29 is 18.0 Å². The van der Waals surface area contributed by atoms with Crippen LogP contribution in [0.25, 0.3) is 20.2 Å². The summed E-state index contributed by atoms with van der Waals surface area (Å²) in [5, 5.41) is 0. The predicted molar refractivity (Wildman–Crippen MR) is 108 cm³/mol. The minimum absolute atomic E-state index is 0.0173. The van der Waals surface area contributed by atoms with E-state index < -0.39 is 11.7 Å². The maximum Gasteiger partial charge on any atom is 0.416 e. The van der Waals surface area contributed by atoms with Crippen LogP contribution in [0.15, 0.2) is 78.9 Å². The summed E-state index contributed by atoms with van der Waals surface area (Å²) in [5.41, 5.74) is 0.726. The monoisotopic (exact) mass is 414 g/mol. The van der Waals surface area contributed by atoms with Gasteiger partial charge in [-0.15, -0.1) is 22.7 Å². The van der Waals surface area contributed by atoms with Crippen LogP contribution in [0.4, 0.5) is 13.2 Å². The van der Waals surface area contributed by atoms with Gasteiger partial charge < -0.3 is 0 Å². The molecule has 0 fully saturated rings. The van der Waals surface area contributed by atoms with Crippen LogP contribution in [-0.2, 0) is 6.18 Å². The lowest BCUT2D eigenvalue weighted by Crippen LogP contribution is -2.03. The van der Waals surface area contributed by atoms with Crippen molar-refractivity contribution in [2.45, 2.75) is 6.18 Å². The number of alkyl halides is 3. The zero-order valence-electron chi connectivity index (χ0n) is 14.4. The summed E-state index contributed by atoms with van der Waals surface area (Å²) in [5.74, 6) is -0.0173. The fourth-order valence-electron chi connectivity index (χ4n) is 2.77. The molecule has 4 aromatic rings. The molecule has 0 saturated heterocycles. The molecule has 6 heteroatoms. The van der Waals surface area contributed by atoms with Gasteiger partial charge in [-0.25, -0.2) is 0 Å². The predicted octanol–water partition coefficient (Wildman–Crippen LogP) is 7.39. The topological polar surface area (TPSA) is 17.1 Å². The van der Waals surface area contributed by atoms with E-state index in [4.69, 9.17) is 0 Å². The number of hydrogen-bond acceptors (Lipinski definition) is 3. The molecular weight excluding hydrogens is 401 g/mol. The first-order valence-corrected chi connectivity index (χ1v) is 10.0. The first-order chi connectivity index (χ1) is 13.4. The van der Waals surface area contributed by atoms with Crippen LogP contribution in [0.3, 0.4) is 0 Å². The molecule has 0 aliphatic rings. The third-order valence-electron chi connectivity index (χ3n) is 4.21. The second kappa shape index (κ2) is 7.37. The Kier molecular flexibility index (Phi) is 4.91. The van der Waals surface area contributed by atoms with E-state index in [1.165, 1.54) is 34.8 Å². The Bertz CT molecular complexity index is 1110. The van der Waals surface area contributed by atoms with Crippen molar-refractivity contribution in [1.82, 2.24) is 0 Å². The highest BCUT2D eigenvalue weighted by Gasteiger charge is 2.30. The number of thiophene rings is 2. The first-order valence-electron chi connectivity index (χ1n) is 8.39. The molecule has 0 saturated carbocycles. The van der Waals surface area contributed by atoms with E-state index in [1.54, 1.807) is 12.1 Å². The van der Waals surface area contributed by atoms with Gasteiger partial charge in [0.15, 0.2) is 0 Å². The molecule has 2 aromatic heterocycles. The maximum atomic E-state index is 12.7. The Morgan fingerprint density at radius 1 is 0.679 bits per heavy atom. The SMILES string of the molecule is O=C(c1ccccc1)c1ccc(-c2ccc(-c3ccc(C(F)(F)F)cc3)s2)s1. The lowest BCUT2D eigenvalue weighted by molar-refractivity contribution is -0.137. The molecular formula is C22H13F3OS2. The first kappa shape index (κ1) is 18.7. The smallest absolute Gasteiger partial charge is 0.288 e. The number of benzene rings is 2. The highest BCUT2D eigenvalue weighted by atomic mass is 32.1. The van der Waals surface area contributed by atoms with Crippen molar-refractivity contribution in [1.29, 1.82) is 0 Å². The molecule has 140 valence electrons. The number of ketones is 1. The maximum absolute atomic E-state index is 12.7. The van der Waals surface area contributed by atoms with Gasteiger partial charge in [-0.3, -0.25) is 4.79 Å². The fourth-order valence-corrected chi connectivity index (χ4v) is 4.84.